The van der Waals surface area contributed by atoms with Gasteiger partial charge < -0.3 is 5.11 Å². The van der Waals surface area contributed by atoms with Crippen LogP contribution in [0.1, 0.15) is 0 Å². The Labute approximate surface area is 73.7 Å². The van der Waals surface area contributed by atoms with E-state index in [1.165, 1.54) is 6.08 Å². The van der Waals surface area contributed by atoms with E-state index in [0.29, 0.717) is 0 Å². The van der Waals surface area contributed by atoms with Gasteiger partial charge in [-0.3, -0.25) is 4.79 Å². The molecule has 0 saturated heterocycles. The zero-order chi connectivity index (χ0) is 9.14. The molecule has 1 N–H and O–H groups in total. The Bertz CT molecular complexity index is 359. The molecule has 64 valence electrons. The minimum atomic E-state index is -0.517. The van der Waals surface area contributed by atoms with Gasteiger partial charge in [0.2, 0.25) is 0 Å². The van der Waals surface area contributed by atoms with Crippen molar-refractivity contribution >= 4 is 11.6 Å². The second kappa shape index (κ2) is 3.40. The summed E-state index contributed by atoms with van der Waals surface area (Å²) < 4.78 is 1.11. The topological polar surface area (TPSA) is 55.1 Å². The van der Waals surface area contributed by atoms with Gasteiger partial charge in [0.05, 0.1) is 12.7 Å². The molecule has 0 unspecified atom stereocenters. The first-order valence-corrected chi connectivity index (χ1v) is 3.60. The Hall–Kier alpha value is -1.29. The van der Waals surface area contributed by atoms with E-state index in [9.17, 15) is 4.79 Å². The zero-order valence-corrected chi connectivity index (χ0v) is 6.95. The van der Waals surface area contributed by atoms with E-state index < -0.39 is 5.56 Å². The number of nitrogens with zero attached hydrogens (tertiary/aromatic N) is 2. The number of aromatic nitrogens is 2. The summed E-state index contributed by atoms with van der Waals surface area (Å²) in [5.41, 5.74) is -0.517. The number of hydrogen-bond acceptors (Lipinski definition) is 3. The highest BCUT2D eigenvalue weighted by Crippen LogP contribution is 2.14. The molecule has 5 heteroatoms. The van der Waals surface area contributed by atoms with Gasteiger partial charge in [0.15, 0.2) is 10.8 Å². The molecule has 0 aliphatic carbocycles. The molecule has 1 aromatic rings. The van der Waals surface area contributed by atoms with Gasteiger partial charge in [-0.1, -0.05) is 17.7 Å². The minimum Gasteiger partial charge on any atom is -0.505 e. The molecule has 0 aliphatic rings. The molecule has 1 heterocycles. The molecule has 0 atom stereocenters. The van der Waals surface area contributed by atoms with E-state index in [4.69, 9.17) is 16.7 Å². The van der Waals surface area contributed by atoms with Crippen molar-refractivity contribution in [2.75, 3.05) is 0 Å². The van der Waals surface area contributed by atoms with Crippen molar-refractivity contribution in [2.24, 2.45) is 0 Å². The van der Waals surface area contributed by atoms with E-state index in [1.807, 2.05) is 0 Å². The molecule has 0 saturated carbocycles. The summed E-state index contributed by atoms with van der Waals surface area (Å²) in [7, 11) is 0. The Kier molecular flexibility index (Phi) is 2.50. The van der Waals surface area contributed by atoms with Crippen LogP contribution in [-0.2, 0) is 6.54 Å². The molecule has 1 aromatic heterocycles. The van der Waals surface area contributed by atoms with Gasteiger partial charge in [-0.15, -0.1) is 6.58 Å². The Morgan fingerprint density at radius 2 is 2.50 bits per heavy atom. The molecule has 4 nitrogen and oxygen atoms in total. The SMILES string of the molecule is C=CCn1ncc(O)c(Cl)c1=O. The van der Waals surface area contributed by atoms with Crippen LogP contribution in [0.4, 0.5) is 0 Å². The van der Waals surface area contributed by atoms with Gasteiger partial charge in [-0.05, 0) is 0 Å². The number of hydrogen-bond donors (Lipinski definition) is 1. The fourth-order valence-electron chi connectivity index (χ4n) is 0.709. The monoisotopic (exact) mass is 186 g/mol. The largest absolute Gasteiger partial charge is 0.505 e. The van der Waals surface area contributed by atoms with Crippen LogP contribution in [0.25, 0.3) is 0 Å². The molecular formula is C7H7ClN2O2. The van der Waals surface area contributed by atoms with E-state index >= 15 is 0 Å². The summed E-state index contributed by atoms with van der Waals surface area (Å²) in [5, 5.41) is 12.4. The highest BCUT2D eigenvalue weighted by molar-refractivity contribution is 6.31. The van der Waals surface area contributed by atoms with Crippen LogP contribution < -0.4 is 5.56 Å². The molecule has 0 aromatic carbocycles. The van der Waals surface area contributed by atoms with Crippen molar-refractivity contribution in [2.45, 2.75) is 6.54 Å². The van der Waals surface area contributed by atoms with Crippen molar-refractivity contribution in [3.8, 4) is 5.75 Å². The lowest BCUT2D eigenvalue weighted by Gasteiger charge is -2.00. The summed E-state index contributed by atoms with van der Waals surface area (Å²) in [6, 6.07) is 0. The summed E-state index contributed by atoms with van der Waals surface area (Å²) in [6.07, 6.45) is 2.63. The van der Waals surface area contributed by atoms with E-state index in [1.54, 1.807) is 0 Å². The summed E-state index contributed by atoms with van der Waals surface area (Å²) >= 11 is 5.46. The Balaban J connectivity index is 3.26. The van der Waals surface area contributed by atoms with Gasteiger partial charge in [0.1, 0.15) is 0 Å². The summed E-state index contributed by atoms with van der Waals surface area (Å²) in [5.74, 6) is -0.304. The highest BCUT2D eigenvalue weighted by atomic mass is 35.5. The Morgan fingerprint density at radius 3 is 3.08 bits per heavy atom. The quantitative estimate of drug-likeness (QED) is 0.695. The molecule has 0 radical (unpaired) electrons. The van der Waals surface area contributed by atoms with Gasteiger partial charge in [-0.25, -0.2) is 4.68 Å². The van der Waals surface area contributed by atoms with Gasteiger partial charge in [0, 0.05) is 0 Å². The molecule has 12 heavy (non-hydrogen) atoms. The average molecular weight is 187 g/mol. The maximum atomic E-state index is 11.1. The normalized spacial score (nSPS) is 9.75. The van der Waals surface area contributed by atoms with Crippen LogP contribution in [0.3, 0.4) is 0 Å². The molecule has 0 aliphatic heterocycles. The number of allylic oxidation sites excluding steroid dienone is 1. The predicted molar refractivity (Wildman–Crippen MR) is 45.4 cm³/mol. The fourth-order valence-corrected chi connectivity index (χ4v) is 0.855. The number of halogens is 1. The van der Waals surface area contributed by atoms with Crippen molar-refractivity contribution in [1.29, 1.82) is 0 Å². The number of aromatic hydroxyl groups is 1. The Morgan fingerprint density at radius 1 is 1.83 bits per heavy atom. The smallest absolute Gasteiger partial charge is 0.289 e. The van der Waals surface area contributed by atoms with Crippen LogP contribution in [0.5, 0.6) is 5.75 Å². The third-order valence-corrected chi connectivity index (χ3v) is 1.62. The second-order valence-electron chi connectivity index (χ2n) is 2.12. The van der Waals surface area contributed by atoms with Crippen LogP contribution in [-0.4, -0.2) is 14.9 Å². The molecule has 0 fully saturated rings. The average Bonchev–Trinajstić information content (AvgIpc) is 2.07. The molecule has 1 rings (SSSR count). The predicted octanol–water partition coefficient (Wildman–Crippen LogP) is 0.788. The van der Waals surface area contributed by atoms with E-state index in [0.717, 1.165) is 10.9 Å². The van der Waals surface area contributed by atoms with Crippen molar-refractivity contribution in [3.05, 3.63) is 34.2 Å². The van der Waals surface area contributed by atoms with Gasteiger partial charge in [0.25, 0.3) is 5.56 Å². The standard InChI is InChI=1S/C7H7ClN2O2/c1-2-3-10-7(12)6(8)5(11)4-9-10/h2,4,11H,1,3H2. The first-order valence-electron chi connectivity index (χ1n) is 3.22. The lowest BCUT2D eigenvalue weighted by molar-refractivity contribution is 0.463. The third-order valence-electron chi connectivity index (χ3n) is 1.27. The van der Waals surface area contributed by atoms with Crippen molar-refractivity contribution in [1.82, 2.24) is 9.78 Å². The first-order chi connectivity index (χ1) is 5.66. The van der Waals surface area contributed by atoms with Gasteiger partial charge in [-0.2, -0.15) is 5.10 Å². The van der Waals surface area contributed by atoms with E-state index in [-0.39, 0.29) is 17.3 Å². The minimum absolute atomic E-state index is 0.216. The maximum Gasteiger partial charge on any atom is 0.289 e. The van der Waals surface area contributed by atoms with E-state index in [2.05, 4.69) is 11.7 Å². The molecule has 0 bridgehead atoms. The summed E-state index contributed by atoms with van der Waals surface area (Å²) in [6.45, 7) is 3.72. The molecule has 0 spiro atoms. The third kappa shape index (κ3) is 1.48. The zero-order valence-electron chi connectivity index (χ0n) is 6.20. The van der Waals surface area contributed by atoms with Crippen molar-refractivity contribution < 1.29 is 5.11 Å². The highest BCUT2D eigenvalue weighted by Gasteiger charge is 2.05. The van der Waals surface area contributed by atoms with Crippen molar-refractivity contribution in [3.63, 3.8) is 0 Å². The maximum absolute atomic E-state index is 11.1. The van der Waals surface area contributed by atoms with Crippen LogP contribution in [0.15, 0.2) is 23.6 Å². The fraction of sp³-hybridized carbons (Fsp3) is 0.143. The lowest BCUT2D eigenvalue weighted by atomic mass is 10.5. The molecule has 0 amide bonds. The summed E-state index contributed by atoms with van der Waals surface area (Å²) in [4.78, 5) is 11.1. The second-order valence-corrected chi connectivity index (χ2v) is 2.50. The van der Waals surface area contributed by atoms with Crippen LogP contribution >= 0.6 is 11.6 Å². The van der Waals surface area contributed by atoms with Crippen LogP contribution in [0, 0.1) is 0 Å². The van der Waals surface area contributed by atoms with Crippen LogP contribution in [0.2, 0.25) is 5.02 Å². The first kappa shape index (κ1) is 8.80. The number of rotatable bonds is 2. The molecular weight excluding hydrogens is 180 g/mol. The lowest BCUT2D eigenvalue weighted by Crippen LogP contribution is -2.22. The van der Waals surface area contributed by atoms with Gasteiger partial charge >= 0.3 is 0 Å².